The molecule has 1 aliphatic rings. The maximum absolute atomic E-state index is 5.64. The zero-order valence-electron chi connectivity index (χ0n) is 13.0. The molecule has 0 spiro atoms. The third-order valence-corrected chi connectivity index (χ3v) is 5.39. The Kier molecular flexibility index (Phi) is 4.23. The molecule has 1 aromatic carbocycles. The molecular weight excluding hydrogens is 340 g/mol. The molecule has 0 atom stereocenters. The molecule has 0 aliphatic carbocycles. The van der Waals surface area contributed by atoms with Gasteiger partial charge in [0.15, 0.2) is 16.3 Å². The molecule has 6 heteroatoms. The van der Waals surface area contributed by atoms with Crippen LogP contribution in [0.15, 0.2) is 58.7 Å². The fourth-order valence-electron chi connectivity index (χ4n) is 2.56. The van der Waals surface area contributed by atoms with E-state index < -0.39 is 0 Å². The first-order valence-corrected chi connectivity index (χ1v) is 9.38. The smallest absolute Gasteiger partial charge is 0.190 e. The third-order valence-electron chi connectivity index (χ3n) is 3.63. The van der Waals surface area contributed by atoms with E-state index in [0.717, 1.165) is 28.5 Å². The summed E-state index contributed by atoms with van der Waals surface area (Å²) in [6.45, 7) is 5.77. The summed E-state index contributed by atoms with van der Waals surface area (Å²) < 4.78 is 13.4. The molecule has 0 bridgehead atoms. The van der Waals surface area contributed by atoms with Crippen molar-refractivity contribution >= 4 is 28.4 Å². The summed E-state index contributed by atoms with van der Waals surface area (Å²) >= 11 is 3.36. The van der Waals surface area contributed by atoms with Crippen molar-refractivity contribution in [3.05, 3.63) is 58.5 Å². The number of ether oxygens (including phenoxy) is 2. The number of thiophene rings is 1. The predicted molar refractivity (Wildman–Crippen MR) is 98.5 cm³/mol. The molecule has 3 heterocycles. The molecule has 122 valence electrons. The Hall–Kier alpha value is -2.31. The minimum absolute atomic E-state index is 0.578. The Balaban J connectivity index is 1.78. The molecule has 1 aliphatic heterocycles. The van der Waals surface area contributed by atoms with E-state index in [1.807, 2.05) is 24.3 Å². The van der Waals surface area contributed by atoms with Gasteiger partial charge in [-0.05, 0) is 23.6 Å². The number of fused-ring (bicyclic) bond motifs is 1. The molecule has 0 N–H and O–H groups in total. The lowest BCUT2D eigenvalue weighted by Crippen LogP contribution is -2.15. The number of hydrogen-bond donors (Lipinski definition) is 0. The van der Waals surface area contributed by atoms with E-state index in [1.54, 1.807) is 22.7 Å². The number of thiazole rings is 1. The normalized spacial score (nSPS) is 13.9. The van der Waals surface area contributed by atoms with Gasteiger partial charge in [-0.25, -0.2) is 4.99 Å². The summed E-state index contributed by atoms with van der Waals surface area (Å²) in [6, 6.07) is 9.99. The molecule has 3 aromatic rings. The average molecular weight is 356 g/mol. The van der Waals surface area contributed by atoms with Crippen LogP contribution in [0.3, 0.4) is 0 Å². The molecule has 0 saturated heterocycles. The summed E-state index contributed by atoms with van der Waals surface area (Å²) in [5.74, 6) is 1.54. The molecule has 0 amide bonds. The van der Waals surface area contributed by atoms with Crippen molar-refractivity contribution in [1.29, 1.82) is 0 Å². The molecular formula is C18H16N2O2S2. The zero-order valence-corrected chi connectivity index (χ0v) is 14.6. The predicted octanol–water partition coefficient (Wildman–Crippen LogP) is 4.47. The van der Waals surface area contributed by atoms with Crippen LogP contribution < -0.4 is 14.3 Å². The highest BCUT2D eigenvalue weighted by atomic mass is 32.1. The van der Waals surface area contributed by atoms with E-state index in [-0.39, 0.29) is 0 Å². The van der Waals surface area contributed by atoms with Gasteiger partial charge in [0, 0.05) is 18.0 Å². The lowest BCUT2D eigenvalue weighted by Gasteiger charge is -2.18. The summed E-state index contributed by atoms with van der Waals surface area (Å²) in [5.41, 5.74) is 2.03. The molecule has 0 radical (unpaired) electrons. The number of benzene rings is 1. The maximum Gasteiger partial charge on any atom is 0.190 e. The van der Waals surface area contributed by atoms with Crippen LogP contribution in [-0.2, 0) is 6.54 Å². The topological polar surface area (TPSA) is 35.8 Å². The Labute approximate surface area is 148 Å². The first kappa shape index (κ1) is 15.2. The minimum atomic E-state index is 0.578. The van der Waals surface area contributed by atoms with E-state index >= 15 is 0 Å². The fraction of sp³-hybridized carbons (Fsp3) is 0.167. The summed E-state index contributed by atoms with van der Waals surface area (Å²) in [7, 11) is 0. The van der Waals surface area contributed by atoms with E-state index in [1.165, 1.54) is 10.6 Å². The van der Waals surface area contributed by atoms with Gasteiger partial charge in [0.2, 0.25) is 0 Å². The maximum atomic E-state index is 5.64. The molecule has 0 saturated carbocycles. The van der Waals surface area contributed by atoms with Gasteiger partial charge >= 0.3 is 0 Å². The van der Waals surface area contributed by atoms with Gasteiger partial charge in [-0.3, -0.25) is 0 Å². The summed E-state index contributed by atoms with van der Waals surface area (Å²) in [4.78, 5) is 6.97. The third kappa shape index (κ3) is 2.90. The Morgan fingerprint density at radius 3 is 2.83 bits per heavy atom. The van der Waals surface area contributed by atoms with Crippen molar-refractivity contribution in [3.8, 4) is 22.1 Å². The van der Waals surface area contributed by atoms with Crippen LogP contribution in [0.5, 0.6) is 11.5 Å². The SMILES string of the molecule is C=CCn1c(-c2cccs2)csc1=Nc1ccc2c(c1)OCCO2. The van der Waals surface area contributed by atoms with Gasteiger partial charge in [0.05, 0.1) is 16.3 Å². The van der Waals surface area contributed by atoms with Gasteiger partial charge in [-0.1, -0.05) is 12.1 Å². The van der Waals surface area contributed by atoms with Crippen LogP contribution >= 0.6 is 22.7 Å². The van der Waals surface area contributed by atoms with Crippen molar-refractivity contribution in [2.75, 3.05) is 13.2 Å². The highest BCUT2D eigenvalue weighted by Crippen LogP contribution is 2.33. The lowest BCUT2D eigenvalue weighted by atomic mass is 10.2. The second-order valence-electron chi connectivity index (χ2n) is 5.22. The molecule has 4 nitrogen and oxygen atoms in total. The van der Waals surface area contributed by atoms with E-state index in [4.69, 9.17) is 14.5 Å². The second-order valence-corrected chi connectivity index (χ2v) is 7.00. The van der Waals surface area contributed by atoms with Crippen molar-refractivity contribution in [2.24, 2.45) is 4.99 Å². The molecule has 0 fully saturated rings. The van der Waals surface area contributed by atoms with Gasteiger partial charge in [-0.2, -0.15) is 0 Å². The first-order chi connectivity index (χ1) is 11.8. The number of nitrogens with zero attached hydrogens (tertiary/aromatic N) is 2. The van der Waals surface area contributed by atoms with Crippen LogP contribution in [0.25, 0.3) is 10.6 Å². The van der Waals surface area contributed by atoms with E-state index in [2.05, 4.69) is 34.0 Å². The lowest BCUT2D eigenvalue weighted by molar-refractivity contribution is 0.171. The van der Waals surface area contributed by atoms with Crippen LogP contribution in [-0.4, -0.2) is 17.8 Å². The van der Waals surface area contributed by atoms with Gasteiger partial charge in [0.25, 0.3) is 0 Å². The highest BCUT2D eigenvalue weighted by Gasteiger charge is 2.12. The zero-order chi connectivity index (χ0) is 16.4. The minimum Gasteiger partial charge on any atom is -0.486 e. The standard InChI is InChI=1S/C18H16N2O2S2/c1-2-7-20-14(17-4-3-10-23-17)12-24-18(20)19-13-5-6-15-16(11-13)22-9-8-21-15/h2-6,10-12H,1,7-9H2. The van der Waals surface area contributed by atoms with Crippen LogP contribution in [0.1, 0.15) is 0 Å². The van der Waals surface area contributed by atoms with Crippen molar-refractivity contribution in [1.82, 2.24) is 4.57 Å². The van der Waals surface area contributed by atoms with E-state index in [0.29, 0.717) is 13.2 Å². The summed E-state index contributed by atoms with van der Waals surface area (Å²) in [5, 5.41) is 4.23. The Morgan fingerprint density at radius 2 is 2.04 bits per heavy atom. The molecule has 24 heavy (non-hydrogen) atoms. The Morgan fingerprint density at radius 1 is 1.17 bits per heavy atom. The fourth-order valence-corrected chi connectivity index (χ4v) is 4.31. The van der Waals surface area contributed by atoms with Crippen LogP contribution in [0.2, 0.25) is 0 Å². The first-order valence-electron chi connectivity index (χ1n) is 7.62. The van der Waals surface area contributed by atoms with E-state index in [9.17, 15) is 0 Å². The van der Waals surface area contributed by atoms with Crippen molar-refractivity contribution in [2.45, 2.75) is 6.54 Å². The second kappa shape index (κ2) is 6.67. The average Bonchev–Trinajstić information content (AvgIpc) is 3.26. The van der Waals surface area contributed by atoms with Crippen LogP contribution in [0, 0.1) is 0 Å². The highest BCUT2D eigenvalue weighted by molar-refractivity contribution is 7.14. The van der Waals surface area contributed by atoms with Crippen molar-refractivity contribution < 1.29 is 9.47 Å². The van der Waals surface area contributed by atoms with Gasteiger partial charge < -0.3 is 14.0 Å². The number of aromatic nitrogens is 1. The van der Waals surface area contributed by atoms with Crippen LogP contribution in [0.4, 0.5) is 5.69 Å². The number of allylic oxidation sites excluding steroid dienone is 1. The summed E-state index contributed by atoms with van der Waals surface area (Å²) in [6.07, 6.45) is 1.90. The molecule has 2 aromatic heterocycles. The Bertz CT molecular complexity index is 923. The molecule has 4 rings (SSSR count). The monoisotopic (exact) mass is 356 g/mol. The van der Waals surface area contributed by atoms with Crippen molar-refractivity contribution in [3.63, 3.8) is 0 Å². The largest absolute Gasteiger partial charge is 0.486 e. The quantitative estimate of drug-likeness (QED) is 0.647. The number of hydrogen-bond acceptors (Lipinski definition) is 5. The molecule has 0 unspecified atom stereocenters. The number of rotatable bonds is 4. The van der Waals surface area contributed by atoms with Gasteiger partial charge in [0.1, 0.15) is 13.2 Å². The van der Waals surface area contributed by atoms with Gasteiger partial charge in [-0.15, -0.1) is 29.3 Å².